The molecule has 14 heavy (non-hydrogen) atoms. The molecule has 0 atom stereocenters. The Hall–Kier alpha value is -1.22. The molecule has 0 saturated heterocycles. The second kappa shape index (κ2) is 3.88. The lowest BCUT2D eigenvalue weighted by Gasteiger charge is -2.02. The van der Waals surface area contributed by atoms with Crippen molar-refractivity contribution in [3.8, 4) is 5.88 Å². The molecule has 0 N–H and O–H groups in total. The molecule has 2 aromatic rings. The molecule has 0 aliphatic rings. The Morgan fingerprint density at radius 2 is 2.14 bits per heavy atom. The highest BCUT2D eigenvalue weighted by atomic mass is 32.1. The van der Waals surface area contributed by atoms with Gasteiger partial charge in [0, 0.05) is 17.2 Å². The van der Waals surface area contributed by atoms with Gasteiger partial charge in [-0.25, -0.2) is 4.98 Å². The molecule has 3 heteroatoms. The molecule has 0 saturated carbocycles. The van der Waals surface area contributed by atoms with E-state index in [0.29, 0.717) is 5.88 Å². The van der Waals surface area contributed by atoms with Crippen LogP contribution in [-0.4, -0.2) is 12.1 Å². The van der Waals surface area contributed by atoms with Crippen LogP contribution in [0.25, 0.3) is 10.9 Å². The third-order valence-corrected chi connectivity index (χ3v) is 2.48. The summed E-state index contributed by atoms with van der Waals surface area (Å²) in [7, 11) is 1.62. The Morgan fingerprint density at radius 3 is 2.86 bits per heavy atom. The van der Waals surface area contributed by atoms with Gasteiger partial charge in [0.15, 0.2) is 0 Å². The molecular weight excluding hydrogens is 194 g/mol. The molecule has 1 aromatic carbocycles. The number of thiol groups is 1. The Kier molecular flexibility index (Phi) is 2.59. The van der Waals surface area contributed by atoms with E-state index in [1.54, 1.807) is 7.11 Å². The van der Waals surface area contributed by atoms with Crippen LogP contribution in [0.2, 0.25) is 0 Å². The summed E-state index contributed by atoms with van der Waals surface area (Å²) in [5.41, 5.74) is 2.16. The lowest BCUT2D eigenvalue weighted by Crippen LogP contribution is -1.88. The van der Waals surface area contributed by atoms with Gasteiger partial charge in [0.2, 0.25) is 5.88 Å². The van der Waals surface area contributed by atoms with E-state index in [9.17, 15) is 0 Å². The number of hydrogen-bond acceptors (Lipinski definition) is 3. The predicted molar refractivity (Wildman–Crippen MR) is 61.0 cm³/mol. The van der Waals surface area contributed by atoms with Crippen molar-refractivity contribution in [2.45, 2.75) is 5.75 Å². The predicted octanol–water partition coefficient (Wildman–Crippen LogP) is 2.67. The van der Waals surface area contributed by atoms with Gasteiger partial charge < -0.3 is 4.74 Å². The summed E-state index contributed by atoms with van der Waals surface area (Å²) in [5.74, 6) is 1.40. The van der Waals surface area contributed by atoms with Crippen molar-refractivity contribution in [1.82, 2.24) is 4.98 Å². The number of rotatable bonds is 2. The Balaban J connectivity index is 2.57. The summed E-state index contributed by atoms with van der Waals surface area (Å²) >= 11 is 4.23. The molecule has 0 fully saturated rings. The van der Waals surface area contributed by atoms with Gasteiger partial charge in [-0.1, -0.05) is 6.07 Å². The van der Waals surface area contributed by atoms with Gasteiger partial charge in [0.25, 0.3) is 0 Å². The quantitative estimate of drug-likeness (QED) is 0.761. The number of ether oxygens (including phenoxy) is 1. The highest BCUT2D eigenvalue weighted by Gasteiger charge is 1.98. The van der Waals surface area contributed by atoms with E-state index in [0.717, 1.165) is 16.7 Å². The molecule has 0 aliphatic carbocycles. The Bertz CT molecular complexity index is 413. The number of fused-ring (bicyclic) bond motifs is 1. The summed E-state index contributed by atoms with van der Waals surface area (Å²) in [4.78, 5) is 4.32. The highest BCUT2D eigenvalue weighted by molar-refractivity contribution is 7.79. The minimum atomic E-state index is 0.649. The summed E-state index contributed by atoms with van der Waals surface area (Å²) in [6.07, 6.45) is 0. The average Bonchev–Trinajstić information content (AvgIpc) is 2.27. The molecular formula is C11H11NOS. The number of hydrogen-bond donors (Lipinski definition) is 1. The van der Waals surface area contributed by atoms with Crippen LogP contribution in [0.4, 0.5) is 0 Å². The fourth-order valence-corrected chi connectivity index (χ4v) is 1.57. The molecule has 0 unspecified atom stereocenters. The fourth-order valence-electron chi connectivity index (χ4n) is 1.37. The smallest absolute Gasteiger partial charge is 0.213 e. The van der Waals surface area contributed by atoms with Crippen LogP contribution in [0.1, 0.15) is 5.56 Å². The van der Waals surface area contributed by atoms with Gasteiger partial charge in [-0.15, -0.1) is 0 Å². The maximum absolute atomic E-state index is 5.05. The molecule has 0 aliphatic heterocycles. The largest absolute Gasteiger partial charge is 0.481 e. The van der Waals surface area contributed by atoms with E-state index >= 15 is 0 Å². The van der Waals surface area contributed by atoms with Crippen LogP contribution >= 0.6 is 12.6 Å². The first-order chi connectivity index (χ1) is 6.83. The van der Waals surface area contributed by atoms with E-state index < -0.39 is 0 Å². The number of benzene rings is 1. The van der Waals surface area contributed by atoms with Crippen LogP contribution in [0, 0.1) is 0 Å². The van der Waals surface area contributed by atoms with E-state index in [4.69, 9.17) is 4.74 Å². The van der Waals surface area contributed by atoms with Crippen molar-refractivity contribution in [2.75, 3.05) is 7.11 Å². The van der Waals surface area contributed by atoms with Crippen LogP contribution in [0.3, 0.4) is 0 Å². The monoisotopic (exact) mass is 205 g/mol. The van der Waals surface area contributed by atoms with Crippen molar-refractivity contribution in [3.05, 3.63) is 35.9 Å². The molecule has 72 valence electrons. The van der Waals surface area contributed by atoms with E-state index in [2.05, 4.69) is 23.7 Å². The minimum Gasteiger partial charge on any atom is -0.481 e. The molecule has 0 amide bonds. The summed E-state index contributed by atoms with van der Waals surface area (Å²) in [6, 6.07) is 9.98. The molecule has 0 bridgehead atoms. The molecule has 1 aromatic heterocycles. The van der Waals surface area contributed by atoms with Crippen LogP contribution < -0.4 is 4.74 Å². The van der Waals surface area contributed by atoms with Gasteiger partial charge in [-0.05, 0) is 23.8 Å². The molecule has 2 rings (SSSR count). The van der Waals surface area contributed by atoms with Crippen LogP contribution in [-0.2, 0) is 5.75 Å². The van der Waals surface area contributed by atoms with Gasteiger partial charge in [0.05, 0.1) is 12.6 Å². The maximum Gasteiger partial charge on any atom is 0.213 e. The van der Waals surface area contributed by atoms with Gasteiger partial charge in [-0.2, -0.15) is 12.6 Å². The second-order valence-corrected chi connectivity index (χ2v) is 3.36. The van der Waals surface area contributed by atoms with Gasteiger partial charge >= 0.3 is 0 Å². The average molecular weight is 205 g/mol. The third-order valence-electron chi connectivity index (χ3n) is 2.12. The third kappa shape index (κ3) is 1.68. The molecule has 1 heterocycles. The SMILES string of the molecule is COc1ccc2cc(CS)ccc2n1. The van der Waals surface area contributed by atoms with Crippen LogP contribution in [0.5, 0.6) is 5.88 Å². The molecule has 2 nitrogen and oxygen atoms in total. The first-order valence-corrected chi connectivity index (χ1v) is 5.01. The molecule has 0 spiro atoms. The Morgan fingerprint density at radius 1 is 1.29 bits per heavy atom. The fraction of sp³-hybridized carbons (Fsp3) is 0.182. The maximum atomic E-state index is 5.05. The zero-order valence-electron chi connectivity index (χ0n) is 7.90. The number of aromatic nitrogens is 1. The second-order valence-electron chi connectivity index (χ2n) is 3.04. The number of nitrogens with zero attached hydrogens (tertiary/aromatic N) is 1. The van der Waals surface area contributed by atoms with Crippen LogP contribution in [0.15, 0.2) is 30.3 Å². The van der Waals surface area contributed by atoms with Gasteiger partial charge in [0.1, 0.15) is 0 Å². The lowest BCUT2D eigenvalue weighted by atomic mass is 10.1. The van der Waals surface area contributed by atoms with E-state index in [-0.39, 0.29) is 0 Å². The number of pyridine rings is 1. The first kappa shape index (κ1) is 9.34. The number of methoxy groups -OCH3 is 1. The van der Waals surface area contributed by atoms with Crippen molar-refractivity contribution < 1.29 is 4.74 Å². The van der Waals surface area contributed by atoms with E-state index in [1.807, 2.05) is 24.3 Å². The zero-order valence-corrected chi connectivity index (χ0v) is 8.79. The lowest BCUT2D eigenvalue weighted by molar-refractivity contribution is 0.399. The van der Waals surface area contributed by atoms with Crippen molar-refractivity contribution >= 4 is 23.5 Å². The summed E-state index contributed by atoms with van der Waals surface area (Å²) < 4.78 is 5.05. The van der Waals surface area contributed by atoms with E-state index in [1.165, 1.54) is 5.56 Å². The van der Waals surface area contributed by atoms with Crippen molar-refractivity contribution in [1.29, 1.82) is 0 Å². The van der Waals surface area contributed by atoms with Crippen molar-refractivity contribution in [3.63, 3.8) is 0 Å². The summed E-state index contributed by atoms with van der Waals surface area (Å²) in [5, 5.41) is 1.12. The van der Waals surface area contributed by atoms with Gasteiger partial charge in [-0.3, -0.25) is 0 Å². The zero-order chi connectivity index (χ0) is 9.97. The normalized spacial score (nSPS) is 10.4. The summed E-state index contributed by atoms with van der Waals surface area (Å²) in [6.45, 7) is 0. The highest BCUT2D eigenvalue weighted by Crippen LogP contribution is 2.18. The minimum absolute atomic E-state index is 0.649. The Labute approximate surface area is 88.3 Å². The standard InChI is InChI=1S/C11H11NOS/c1-13-11-5-3-9-6-8(7-14)2-4-10(9)12-11/h2-6,14H,7H2,1H3. The first-order valence-electron chi connectivity index (χ1n) is 4.38. The van der Waals surface area contributed by atoms with Crippen molar-refractivity contribution in [2.24, 2.45) is 0 Å². The topological polar surface area (TPSA) is 22.1 Å². The molecule has 0 radical (unpaired) electrons.